The van der Waals surface area contributed by atoms with E-state index in [9.17, 15) is 15.0 Å². The lowest BCUT2D eigenvalue weighted by atomic mass is 10.2. The Hall–Kier alpha value is -2.40. The summed E-state index contributed by atoms with van der Waals surface area (Å²) < 4.78 is 4.90. The molecule has 104 valence electrons. The van der Waals surface area contributed by atoms with E-state index in [2.05, 4.69) is 5.32 Å². The van der Waals surface area contributed by atoms with Crippen molar-refractivity contribution in [1.29, 1.82) is 0 Å². The minimum Gasteiger partial charge on any atom is -0.506 e. The van der Waals surface area contributed by atoms with E-state index in [1.54, 1.807) is 0 Å². The van der Waals surface area contributed by atoms with Gasteiger partial charge in [-0.15, -0.1) is 0 Å². The SMILES string of the molecule is COc1ccc(C(=O)Nc2ccc(O)c(Cl)c2)cc1O. The average Bonchev–Trinajstić information content (AvgIpc) is 2.42. The van der Waals surface area contributed by atoms with Crippen LogP contribution in [0.15, 0.2) is 36.4 Å². The summed E-state index contributed by atoms with van der Waals surface area (Å²) in [4.78, 5) is 12.0. The zero-order valence-electron chi connectivity index (χ0n) is 10.6. The first kappa shape index (κ1) is 14.0. The van der Waals surface area contributed by atoms with Gasteiger partial charge in [0.1, 0.15) is 5.75 Å². The van der Waals surface area contributed by atoms with Crippen molar-refractivity contribution in [3.63, 3.8) is 0 Å². The molecule has 0 atom stereocenters. The predicted molar refractivity (Wildman–Crippen MR) is 75.7 cm³/mol. The summed E-state index contributed by atoms with van der Waals surface area (Å²) in [5, 5.41) is 21.7. The van der Waals surface area contributed by atoms with Crippen LogP contribution < -0.4 is 10.1 Å². The Labute approximate surface area is 120 Å². The number of benzene rings is 2. The molecule has 0 aromatic heterocycles. The third-order valence-electron chi connectivity index (χ3n) is 2.65. The van der Waals surface area contributed by atoms with Crippen LogP contribution in [0.25, 0.3) is 0 Å². The number of carbonyl (C=O) groups is 1. The fourth-order valence-electron chi connectivity index (χ4n) is 1.62. The normalized spacial score (nSPS) is 10.1. The number of nitrogens with one attached hydrogen (secondary N) is 1. The fourth-order valence-corrected chi connectivity index (χ4v) is 1.80. The van der Waals surface area contributed by atoms with Crippen molar-refractivity contribution in [1.82, 2.24) is 0 Å². The molecule has 2 aromatic rings. The van der Waals surface area contributed by atoms with Gasteiger partial charge >= 0.3 is 0 Å². The molecular weight excluding hydrogens is 282 g/mol. The zero-order chi connectivity index (χ0) is 14.7. The van der Waals surface area contributed by atoms with Gasteiger partial charge in [-0.3, -0.25) is 4.79 Å². The summed E-state index contributed by atoms with van der Waals surface area (Å²) in [6.45, 7) is 0. The minimum atomic E-state index is -0.412. The van der Waals surface area contributed by atoms with Gasteiger partial charge in [0.25, 0.3) is 5.91 Å². The number of aromatic hydroxyl groups is 2. The molecule has 2 rings (SSSR count). The number of rotatable bonds is 3. The van der Waals surface area contributed by atoms with Crippen LogP contribution in [0.3, 0.4) is 0 Å². The van der Waals surface area contributed by atoms with E-state index in [1.807, 2.05) is 0 Å². The highest BCUT2D eigenvalue weighted by atomic mass is 35.5. The average molecular weight is 294 g/mol. The lowest BCUT2D eigenvalue weighted by Gasteiger charge is -2.08. The Morgan fingerprint density at radius 2 is 1.90 bits per heavy atom. The Kier molecular flexibility index (Phi) is 4.00. The van der Waals surface area contributed by atoms with Gasteiger partial charge in [-0.2, -0.15) is 0 Å². The quantitative estimate of drug-likeness (QED) is 0.760. The highest BCUT2D eigenvalue weighted by Gasteiger charge is 2.10. The maximum absolute atomic E-state index is 12.0. The van der Waals surface area contributed by atoms with Crippen molar-refractivity contribution in [2.45, 2.75) is 0 Å². The van der Waals surface area contributed by atoms with Crippen molar-refractivity contribution < 1.29 is 19.7 Å². The van der Waals surface area contributed by atoms with Crippen molar-refractivity contribution in [2.24, 2.45) is 0 Å². The summed E-state index contributed by atoms with van der Waals surface area (Å²) in [5.74, 6) is -0.311. The standard InChI is InChI=1S/C14H12ClNO4/c1-20-13-5-2-8(6-12(13)18)14(19)16-9-3-4-11(17)10(15)7-9/h2-7,17-18H,1H3,(H,16,19). The summed E-state index contributed by atoms with van der Waals surface area (Å²) >= 11 is 5.75. The number of hydrogen-bond donors (Lipinski definition) is 3. The van der Waals surface area contributed by atoms with Crippen LogP contribution in [0.5, 0.6) is 17.2 Å². The molecule has 0 fully saturated rings. The van der Waals surface area contributed by atoms with Crippen LogP contribution in [0.1, 0.15) is 10.4 Å². The molecule has 0 heterocycles. The Bertz CT molecular complexity index is 658. The van der Waals surface area contributed by atoms with E-state index in [0.717, 1.165) is 0 Å². The highest BCUT2D eigenvalue weighted by Crippen LogP contribution is 2.28. The topological polar surface area (TPSA) is 78.8 Å². The number of hydrogen-bond acceptors (Lipinski definition) is 4. The zero-order valence-corrected chi connectivity index (χ0v) is 11.3. The number of carbonyl (C=O) groups excluding carboxylic acids is 1. The van der Waals surface area contributed by atoms with Gasteiger partial charge in [-0.05, 0) is 36.4 Å². The first-order chi connectivity index (χ1) is 9.51. The second-order valence-electron chi connectivity index (χ2n) is 4.01. The van der Waals surface area contributed by atoms with E-state index >= 15 is 0 Å². The Morgan fingerprint density at radius 3 is 2.50 bits per heavy atom. The van der Waals surface area contributed by atoms with Gasteiger partial charge in [-0.1, -0.05) is 11.6 Å². The molecule has 0 aliphatic carbocycles. The first-order valence-corrected chi connectivity index (χ1v) is 6.06. The molecule has 1 amide bonds. The maximum atomic E-state index is 12.0. The number of amides is 1. The number of anilines is 1. The second kappa shape index (κ2) is 5.71. The van der Waals surface area contributed by atoms with Crippen LogP contribution in [0, 0.1) is 0 Å². The summed E-state index contributed by atoms with van der Waals surface area (Å²) in [6.07, 6.45) is 0. The maximum Gasteiger partial charge on any atom is 0.255 e. The summed E-state index contributed by atoms with van der Waals surface area (Å²) in [6, 6.07) is 8.64. The largest absolute Gasteiger partial charge is 0.506 e. The van der Waals surface area contributed by atoms with E-state index < -0.39 is 5.91 Å². The molecule has 0 radical (unpaired) electrons. The minimum absolute atomic E-state index is 0.0632. The van der Waals surface area contributed by atoms with Gasteiger partial charge in [0.2, 0.25) is 0 Å². The van der Waals surface area contributed by atoms with E-state index in [0.29, 0.717) is 5.69 Å². The first-order valence-electron chi connectivity index (χ1n) is 5.68. The molecule has 3 N–H and O–H groups in total. The molecule has 5 nitrogen and oxygen atoms in total. The van der Waals surface area contributed by atoms with E-state index in [4.69, 9.17) is 16.3 Å². The third kappa shape index (κ3) is 2.95. The van der Waals surface area contributed by atoms with Crippen molar-refractivity contribution in [3.05, 3.63) is 47.0 Å². The summed E-state index contributed by atoms with van der Waals surface area (Å²) in [7, 11) is 1.42. The van der Waals surface area contributed by atoms with Gasteiger partial charge in [0.15, 0.2) is 11.5 Å². The molecular formula is C14H12ClNO4. The van der Waals surface area contributed by atoms with Gasteiger partial charge in [0, 0.05) is 11.3 Å². The molecule has 20 heavy (non-hydrogen) atoms. The van der Waals surface area contributed by atoms with Crippen LogP contribution in [-0.4, -0.2) is 23.2 Å². The molecule has 0 aliphatic rings. The van der Waals surface area contributed by atoms with E-state index in [-0.39, 0.29) is 27.8 Å². The summed E-state index contributed by atoms with van der Waals surface area (Å²) in [5.41, 5.74) is 0.709. The van der Waals surface area contributed by atoms with E-state index in [1.165, 1.54) is 43.5 Å². The molecule has 0 saturated heterocycles. The van der Waals surface area contributed by atoms with Gasteiger partial charge in [-0.25, -0.2) is 0 Å². The smallest absolute Gasteiger partial charge is 0.255 e. The van der Waals surface area contributed by atoms with Crippen molar-refractivity contribution in [3.8, 4) is 17.2 Å². The number of halogens is 1. The lowest BCUT2D eigenvalue weighted by Crippen LogP contribution is -2.11. The fraction of sp³-hybridized carbons (Fsp3) is 0.0714. The van der Waals surface area contributed by atoms with Gasteiger partial charge in [0.05, 0.1) is 12.1 Å². The second-order valence-corrected chi connectivity index (χ2v) is 4.41. The molecule has 0 aliphatic heterocycles. The number of phenols is 2. The van der Waals surface area contributed by atoms with Crippen LogP contribution in [0.4, 0.5) is 5.69 Å². The molecule has 0 saturated carbocycles. The lowest BCUT2D eigenvalue weighted by molar-refractivity contribution is 0.102. The van der Waals surface area contributed by atoms with Gasteiger partial charge < -0.3 is 20.3 Å². The molecule has 0 bridgehead atoms. The number of methoxy groups -OCH3 is 1. The Balaban J connectivity index is 2.19. The Morgan fingerprint density at radius 1 is 1.15 bits per heavy atom. The van der Waals surface area contributed by atoms with Crippen LogP contribution >= 0.6 is 11.6 Å². The van der Waals surface area contributed by atoms with Crippen LogP contribution in [-0.2, 0) is 0 Å². The number of ether oxygens (including phenoxy) is 1. The monoisotopic (exact) mass is 293 g/mol. The highest BCUT2D eigenvalue weighted by molar-refractivity contribution is 6.32. The molecule has 6 heteroatoms. The molecule has 0 spiro atoms. The predicted octanol–water partition coefficient (Wildman–Crippen LogP) is 3.01. The number of phenolic OH excluding ortho intramolecular Hbond substituents is 2. The third-order valence-corrected chi connectivity index (χ3v) is 2.95. The molecule has 2 aromatic carbocycles. The van der Waals surface area contributed by atoms with Crippen molar-refractivity contribution >= 4 is 23.2 Å². The van der Waals surface area contributed by atoms with Crippen LogP contribution in [0.2, 0.25) is 5.02 Å². The van der Waals surface area contributed by atoms with Crippen molar-refractivity contribution in [2.75, 3.05) is 12.4 Å². The molecule has 0 unspecified atom stereocenters.